The van der Waals surface area contributed by atoms with E-state index in [-0.39, 0.29) is 0 Å². The van der Waals surface area contributed by atoms with Gasteiger partial charge in [0.1, 0.15) is 0 Å². The zero-order valence-electron chi connectivity index (χ0n) is 5.66. The van der Waals surface area contributed by atoms with E-state index in [9.17, 15) is 0 Å². The fourth-order valence-corrected chi connectivity index (χ4v) is 0.981. The van der Waals surface area contributed by atoms with Gasteiger partial charge in [-0.1, -0.05) is 24.6 Å². The molecule has 0 N–H and O–H groups in total. The maximum Gasteiger partial charge on any atom is 0.0226 e. The van der Waals surface area contributed by atoms with Crippen LogP contribution in [-0.2, 0) is 0 Å². The van der Waals surface area contributed by atoms with Gasteiger partial charge in [0, 0.05) is 10.9 Å². The third-order valence-electron chi connectivity index (χ3n) is 0.975. The van der Waals surface area contributed by atoms with Gasteiger partial charge in [-0.05, 0) is 19.3 Å². The Morgan fingerprint density at radius 2 is 2.22 bits per heavy atom. The molecule has 9 heavy (non-hydrogen) atoms. The van der Waals surface area contributed by atoms with Crippen LogP contribution in [0.4, 0.5) is 0 Å². The maximum atomic E-state index is 5.76. The molecule has 0 amide bonds. The number of hydrogen-bond donors (Lipinski definition) is 0. The Kier molecular flexibility index (Phi) is 6.67. The summed E-state index contributed by atoms with van der Waals surface area (Å²) in [7, 11) is 0. The van der Waals surface area contributed by atoms with Gasteiger partial charge < -0.3 is 0 Å². The van der Waals surface area contributed by atoms with E-state index in [0.29, 0.717) is 5.88 Å². The van der Waals surface area contributed by atoms with Crippen molar-refractivity contribution >= 4 is 23.2 Å². The summed E-state index contributed by atoms with van der Waals surface area (Å²) in [6.45, 7) is 2.07. The topological polar surface area (TPSA) is 0 Å². The SMILES string of the molecule is CC/C=C(/Cl)CCCCl. The molecule has 0 saturated carbocycles. The van der Waals surface area contributed by atoms with Crippen molar-refractivity contribution in [2.24, 2.45) is 0 Å². The van der Waals surface area contributed by atoms with E-state index in [0.717, 1.165) is 24.3 Å². The van der Waals surface area contributed by atoms with E-state index in [2.05, 4.69) is 6.92 Å². The predicted molar refractivity (Wildman–Crippen MR) is 44.2 cm³/mol. The van der Waals surface area contributed by atoms with Crippen molar-refractivity contribution in [1.29, 1.82) is 0 Å². The first-order valence-electron chi connectivity index (χ1n) is 3.21. The minimum Gasteiger partial charge on any atom is -0.127 e. The van der Waals surface area contributed by atoms with Gasteiger partial charge in [-0.3, -0.25) is 0 Å². The second-order valence-electron chi connectivity index (χ2n) is 1.85. The number of rotatable bonds is 4. The summed E-state index contributed by atoms with van der Waals surface area (Å²) in [5.41, 5.74) is 0. The fraction of sp³-hybridized carbons (Fsp3) is 0.714. The molecule has 0 aromatic rings. The molecule has 0 heterocycles. The molecule has 0 unspecified atom stereocenters. The van der Waals surface area contributed by atoms with Crippen LogP contribution in [0.1, 0.15) is 26.2 Å². The zero-order valence-corrected chi connectivity index (χ0v) is 7.17. The summed E-state index contributed by atoms with van der Waals surface area (Å²) in [6, 6.07) is 0. The van der Waals surface area contributed by atoms with E-state index in [1.165, 1.54) is 0 Å². The molecule has 0 aliphatic rings. The van der Waals surface area contributed by atoms with E-state index in [4.69, 9.17) is 23.2 Å². The molecular weight excluding hydrogens is 155 g/mol. The smallest absolute Gasteiger partial charge is 0.0226 e. The van der Waals surface area contributed by atoms with Crippen molar-refractivity contribution in [2.45, 2.75) is 26.2 Å². The third-order valence-corrected chi connectivity index (χ3v) is 1.59. The number of allylic oxidation sites excluding steroid dienone is 2. The number of alkyl halides is 1. The van der Waals surface area contributed by atoms with Gasteiger partial charge in [0.15, 0.2) is 0 Å². The van der Waals surface area contributed by atoms with Crippen LogP contribution in [0.25, 0.3) is 0 Å². The maximum absolute atomic E-state index is 5.76. The molecule has 0 bridgehead atoms. The second kappa shape index (κ2) is 6.44. The van der Waals surface area contributed by atoms with Crippen molar-refractivity contribution in [3.63, 3.8) is 0 Å². The van der Waals surface area contributed by atoms with E-state index >= 15 is 0 Å². The van der Waals surface area contributed by atoms with Crippen molar-refractivity contribution in [1.82, 2.24) is 0 Å². The highest BCUT2D eigenvalue weighted by molar-refractivity contribution is 6.29. The van der Waals surface area contributed by atoms with Crippen LogP contribution in [0.2, 0.25) is 0 Å². The first-order valence-corrected chi connectivity index (χ1v) is 4.13. The van der Waals surface area contributed by atoms with Gasteiger partial charge in [0.05, 0.1) is 0 Å². The van der Waals surface area contributed by atoms with Crippen molar-refractivity contribution < 1.29 is 0 Å². The molecule has 0 aromatic heterocycles. The lowest BCUT2D eigenvalue weighted by Gasteiger charge is -1.92. The van der Waals surface area contributed by atoms with E-state index < -0.39 is 0 Å². The van der Waals surface area contributed by atoms with E-state index in [1.54, 1.807) is 0 Å². The molecule has 0 atom stereocenters. The van der Waals surface area contributed by atoms with Gasteiger partial charge in [-0.15, -0.1) is 11.6 Å². The lowest BCUT2D eigenvalue weighted by Crippen LogP contribution is -1.76. The van der Waals surface area contributed by atoms with Crippen molar-refractivity contribution in [2.75, 3.05) is 5.88 Å². The van der Waals surface area contributed by atoms with Crippen LogP contribution in [0.15, 0.2) is 11.1 Å². The summed E-state index contributed by atoms with van der Waals surface area (Å²) < 4.78 is 0. The minimum atomic E-state index is 0.702. The fourth-order valence-electron chi connectivity index (χ4n) is 0.559. The second-order valence-corrected chi connectivity index (χ2v) is 2.72. The Morgan fingerprint density at radius 3 is 2.67 bits per heavy atom. The molecule has 0 aliphatic heterocycles. The van der Waals surface area contributed by atoms with Crippen LogP contribution in [0.3, 0.4) is 0 Å². The van der Waals surface area contributed by atoms with Crippen LogP contribution in [0, 0.1) is 0 Å². The Balaban J connectivity index is 3.25. The molecule has 0 spiro atoms. The molecule has 0 aliphatic carbocycles. The summed E-state index contributed by atoms with van der Waals surface area (Å²) in [4.78, 5) is 0. The molecule has 0 radical (unpaired) electrons. The Hall–Kier alpha value is 0.320. The quantitative estimate of drug-likeness (QED) is 0.561. The molecule has 0 saturated heterocycles. The first kappa shape index (κ1) is 9.32. The zero-order chi connectivity index (χ0) is 7.11. The minimum absolute atomic E-state index is 0.702. The van der Waals surface area contributed by atoms with Gasteiger partial charge in [0.2, 0.25) is 0 Å². The standard InChI is InChI=1S/C7H12Cl2/c1-2-4-7(9)5-3-6-8/h4H,2-3,5-6H2,1H3/b7-4+. The summed E-state index contributed by atoms with van der Waals surface area (Å²) in [6.07, 6.45) is 4.95. The molecule has 0 rings (SSSR count). The molecule has 54 valence electrons. The largest absolute Gasteiger partial charge is 0.127 e. The lowest BCUT2D eigenvalue weighted by molar-refractivity contribution is 0.944. The molecule has 2 heteroatoms. The van der Waals surface area contributed by atoms with Gasteiger partial charge in [0.25, 0.3) is 0 Å². The van der Waals surface area contributed by atoms with Gasteiger partial charge in [-0.2, -0.15) is 0 Å². The Morgan fingerprint density at radius 1 is 1.56 bits per heavy atom. The van der Waals surface area contributed by atoms with Crippen molar-refractivity contribution in [3.8, 4) is 0 Å². The normalized spacial score (nSPS) is 12.1. The summed E-state index contributed by atoms with van der Waals surface area (Å²) >= 11 is 11.2. The highest BCUT2D eigenvalue weighted by Gasteiger charge is 1.88. The highest BCUT2D eigenvalue weighted by atomic mass is 35.5. The third kappa shape index (κ3) is 6.20. The first-order chi connectivity index (χ1) is 4.31. The number of hydrogen-bond acceptors (Lipinski definition) is 0. The monoisotopic (exact) mass is 166 g/mol. The van der Waals surface area contributed by atoms with Crippen LogP contribution >= 0.6 is 23.2 Å². The van der Waals surface area contributed by atoms with Gasteiger partial charge >= 0.3 is 0 Å². The van der Waals surface area contributed by atoms with Crippen LogP contribution in [0.5, 0.6) is 0 Å². The van der Waals surface area contributed by atoms with Crippen molar-refractivity contribution in [3.05, 3.63) is 11.1 Å². The Bertz CT molecular complexity index is 86.9. The molecular formula is C7H12Cl2. The number of halogens is 2. The summed E-state index contributed by atoms with van der Waals surface area (Å²) in [5.74, 6) is 0.702. The highest BCUT2D eigenvalue weighted by Crippen LogP contribution is 2.10. The lowest BCUT2D eigenvalue weighted by atomic mass is 10.3. The average molecular weight is 167 g/mol. The summed E-state index contributed by atoms with van der Waals surface area (Å²) in [5, 5.41) is 0.943. The predicted octanol–water partition coefficient (Wildman–Crippen LogP) is 3.54. The Labute approximate surface area is 66.8 Å². The molecule has 0 aromatic carbocycles. The molecule has 0 nitrogen and oxygen atoms in total. The molecule has 0 fully saturated rings. The van der Waals surface area contributed by atoms with Crippen LogP contribution < -0.4 is 0 Å². The average Bonchev–Trinajstić information content (AvgIpc) is 1.85. The van der Waals surface area contributed by atoms with E-state index in [1.807, 2.05) is 6.08 Å². The van der Waals surface area contributed by atoms with Crippen LogP contribution in [-0.4, -0.2) is 5.88 Å². The van der Waals surface area contributed by atoms with Gasteiger partial charge in [-0.25, -0.2) is 0 Å².